The summed E-state index contributed by atoms with van der Waals surface area (Å²) < 4.78 is 10.7. The van der Waals surface area contributed by atoms with Crippen molar-refractivity contribution in [1.29, 1.82) is 0 Å². The third kappa shape index (κ3) is 4.42. The average Bonchev–Trinajstić information content (AvgIpc) is 2.73. The van der Waals surface area contributed by atoms with Crippen molar-refractivity contribution in [3.05, 3.63) is 48.2 Å². The Bertz CT molecular complexity index is 761. The van der Waals surface area contributed by atoms with Crippen molar-refractivity contribution in [1.82, 2.24) is 15.2 Å². The topological polar surface area (TPSA) is 66.9 Å². The van der Waals surface area contributed by atoms with Crippen LogP contribution in [0.5, 0.6) is 11.5 Å². The van der Waals surface area contributed by atoms with Crippen molar-refractivity contribution < 1.29 is 14.3 Å². The molecule has 2 amide bonds. The Hall–Kier alpha value is -2.96. The average molecular weight is 370 g/mol. The van der Waals surface area contributed by atoms with Crippen LogP contribution in [0.1, 0.15) is 18.5 Å². The lowest BCUT2D eigenvalue weighted by Crippen LogP contribution is -2.52. The monoisotopic (exact) mass is 370 g/mol. The molecule has 1 aliphatic rings. The van der Waals surface area contributed by atoms with Crippen LogP contribution in [0.4, 0.5) is 10.6 Å². The zero-order chi connectivity index (χ0) is 19.2. The number of methoxy groups -OCH3 is 2. The van der Waals surface area contributed by atoms with Crippen molar-refractivity contribution in [3.8, 4) is 11.5 Å². The molecule has 1 unspecified atom stereocenters. The normalized spacial score (nSPS) is 15.2. The molecule has 1 saturated heterocycles. The van der Waals surface area contributed by atoms with Gasteiger partial charge in [0.25, 0.3) is 0 Å². The first-order valence-corrected chi connectivity index (χ1v) is 9.05. The summed E-state index contributed by atoms with van der Waals surface area (Å²) in [5.74, 6) is 2.41. The van der Waals surface area contributed by atoms with Crippen LogP contribution >= 0.6 is 0 Å². The van der Waals surface area contributed by atoms with Gasteiger partial charge in [-0.3, -0.25) is 0 Å². The van der Waals surface area contributed by atoms with Crippen LogP contribution < -0.4 is 19.7 Å². The quantitative estimate of drug-likeness (QED) is 0.877. The molecule has 3 rings (SSSR count). The van der Waals surface area contributed by atoms with Crippen LogP contribution in [0.25, 0.3) is 0 Å². The van der Waals surface area contributed by atoms with E-state index in [1.54, 1.807) is 20.4 Å². The van der Waals surface area contributed by atoms with E-state index < -0.39 is 0 Å². The number of pyridine rings is 1. The molecule has 0 saturated carbocycles. The summed E-state index contributed by atoms with van der Waals surface area (Å²) in [7, 11) is 3.24. The molecule has 27 heavy (non-hydrogen) atoms. The van der Waals surface area contributed by atoms with Crippen molar-refractivity contribution >= 4 is 11.8 Å². The standard InChI is InChI=1S/C20H26N4O3/c1-15(17-14-16(26-2)7-8-18(17)27-3)22-20(25)24-12-10-23(11-13-24)19-6-4-5-9-21-19/h4-9,14-15H,10-13H2,1-3H3,(H,22,25). The van der Waals surface area contributed by atoms with Crippen LogP contribution in [0.2, 0.25) is 0 Å². The van der Waals surface area contributed by atoms with Crippen molar-refractivity contribution in [2.45, 2.75) is 13.0 Å². The number of anilines is 1. The second kappa shape index (κ2) is 8.62. The SMILES string of the molecule is COc1ccc(OC)c(C(C)NC(=O)N2CCN(c3ccccn3)CC2)c1. The zero-order valence-corrected chi connectivity index (χ0v) is 16.0. The summed E-state index contributed by atoms with van der Waals surface area (Å²) in [6.45, 7) is 4.79. The Kier molecular flexibility index (Phi) is 6.01. The van der Waals surface area contributed by atoms with Gasteiger partial charge < -0.3 is 24.6 Å². The van der Waals surface area contributed by atoms with Crippen molar-refractivity contribution in [2.24, 2.45) is 0 Å². The first-order valence-electron chi connectivity index (χ1n) is 9.05. The van der Waals surface area contributed by atoms with E-state index in [1.807, 2.05) is 48.2 Å². The highest BCUT2D eigenvalue weighted by molar-refractivity contribution is 5.75. The highest BCUT2D eigenvalue weighted by Gasteiger charge is 2.24. The second-order valence-electron chi connectivity index (χ2n) is 6.44. The lowest BCUT2D eigenvalue weighted by atomic mass is 10.1. The van der Waals surface area contributed by atoms with Gasteiger partial charge in [-0.1, -0.05) is 6.07 Å². The van der Waals surface area contributed by atoms with E-state index in [0.29, 0.717) is 13.1 Å². The number of ether oxygens (including phenoxy) is 2. The highest BCUT2D eigenvalue weighted by Crippen LogP contribution is 2.29. The van der Waals surface area contributed by atoms with E-state index in [0.717, 1.165) is 36.0 Å². The largest absolute Gasteiger partial charge is 0.497 e. The summed E-state index contributed by atoms with van der Waals surface area (Å²) in [6.07, 6.45) is 1.79. The Morgan fingerprint density at radius 1 is 1.11 bits per heavy atom. The molecule has 1 atom stereocenters. The number of rotatable bonds is 5. The maximum Gasteiger partial charge on any atom is 0.317 e. The molecule has 2 aromatic rings. The minimum Gasteiger partial charge on any atom is -0.497 e. The van der Waals surface area contributed by atoms with Gasteiger partial charge in [-0.15, -0.1) is 0 Å². The van der Waals surface area contributed by atoms with Gasteiger partial charge in [0, 0.05) is 37.9 Å². The third-order valence-electron chi connectivity index (χ3n) is 4.78. The number of hydrogen-bond acceptors (Lipinski definition) is 5. The minimum atomic E-state index is -0.198. The molecular weight excluding hydrogens is 344 g/mol. The van der Waals surface area contributed by atoms with Gasteiger partial charge in [-0.25, -0.2) is 9.78 Å². The van der Waals surface area contributed by atoms with Crippen LogP contribution in [0.3, 0.4) is 0 Å². The fourth-order valence-corrected chi connectivity index (χ4v) is 3.21. The van der Waals surface area contributed by atoms with Gasteiger partial charge in [0.15, 0.2) is 0 Å². The predicted octanol–water partition coefficient (Wildman–Crippen LogP) is 2.69. The summed E-state index contributed by atoms with van der Waals surface area (Å²) in [5, 5.41) is 3.06. The molecular formula is C20H26N4O3. The fourth-order valence-electron chi connectivity index (χ4n) is 3.21. The number of urea groups is 1. The Balaban J connectivity index is 1.59. The number of amides is 2. The molecule has 0 aliphatic carbocycles. The number of nitrogens with one attached hydrogen (secondary N) is 1. The molecule has 0 spiro atoms. The van der Waals surface area contributed by atoms with Crippen molar-refractivity contribution in [2.75, 3.05) is 45.3 Å². The molecule has 0 radical (unpaired) electrons. The molecule has 0 bridgehead atoms. The molecule has 1 N–H and O–H groups in total. The second-order valence-corrected chi connectivity index (χ2v) is 6.44. The first kappa shape index (κ1) is 18.8. The number of nitrogens with zero attached hydrogens (tertiary/aromatic N) is 3. The van der Waals surface area contributed by atoms with Crippen molar-refractivity contribution in [3.63, 3.8) is 0 Å². The maximum atomic E-state index is 12.7. The van der Waals surface area contributed by atoms with Gasteiger partial charge in [-0.05, 0) is 37.3 Å². The van der Waals surface area contributed by atoms with E-state index in [2.05, 4.69) is 15.2 Å². The minimum absolute atomic E-state index is 0.0759. The number of piperazine rings is 1. The molecule has 7 nitrogen and oxygen atoms in total. The first-order chi connectivity index (χ1) is 13.1. The van der Waals surface area contributed by atoms with E-state index in [-0.39, 0.29) is 12.1 Å². The van der Waals surface area contributed by atoms with Crippen LogP contribution in [-0.4, -0.2) is 56.3 Å². The number of benzene rings is 1. The molecule has 1 fully saturated rings. The zero-order valence-electron chi connectivity index (χ0n) is 16.0. The fraction of sp³-hybridized carbons (Fsp3) is 0.400. The Morgan fingerprint density at radius 3 is 2.52 bits per heavy atom. The van der Waals surface area contributed by atoms with E-state index in [1.165, 1.54) is 0 Å². The molecule has 1 aromatic heterocycles. The molecule has 144 valence electrons. The molecule has 7 heteroatoms. The predicted molar refractivity (Wildman–Crippen MR) is 105 cm³/mol. The summed E-state index contributed by atoms with van der Waals surface area (Å²) in [6, 6.07) is 11.2. The lowest BCUT2D eigenvalue weighted by molar-refractivity contribution is 0.191. The van der Waals surface area contributed by atoms with Gasteiger partial charge >= 0.3 is 6.03 Å². The van der Waals surface area contributed by atoms with Gasteiger partial charge in [0.1, 0.15) is 17.3 Å². The number of aromatic nitrogens is 1. The molecule has 1 aromatic carbocycles. The van der Waals surface area contributed by atoms with Gasteiger partial charge in [-0.2, -0.15) is 0 Å². The lowest BCUT2D eigenvalue weighted by Gasteiger charge is -2.36. The highest BCUT2D eigenvalue weighted by atomic mass is 16.5. The van der Waals surface area contributed by atoms with Crippen LogP contribution in [0, 0.1) is 0 Å². The summed E-state index contributed by atoms with van der Waals surface area (Å²) in [5.41, 5.74) is 0.886. The van der Waals surface area contributed by atoms with Crippen LogP contribution in [-0.2, 0) is 0 Å². The van der Waals surface area contributed by atoms with Gasteiger partial charge in [0.05, 0.1) is 20.3 Å². The van der Waals surface area contributed by atoms with E-state index >= 15 is 0 Å². The van der Waals surface area contributed by atoms with Gasteiger partial charge in [0.2, 0.25) is 0 Å². The maximum absolute atomic E-state index is 12.7. The van der Waals surface area contributed by atoms with E-state index in [9.17, 15) is 4.79 Å². The summed E-state index contributed by atoms with van der Waals surface area (Å²) >= 11 is 0. The summed E-state index contributed by atoms with van der Waals surface area (Å²) in [4.78, 5) is 21.1. The number of carbonyl (C=O) groups excluding carboxylic acids is 1. The Morgan fingerprint density at radius 2 is 1.89 bits per heavy atom. The van der Waals surface area contributed by atoms with E-state index in [4.69, 9.17) is 9.47 Å². The third-order valence-corrected chi connectivity index (χ3v) is 4.78. The molecule has 1 aliphatic heterocycles. The Labute approximate surface area is 159 Å². The van der Waals surface area contributed by atoms with Crippen LogP contribution in [0.15, 0.2) is 42.6 Å². The number of carbonyl (C=O) groups is 1. The smallest absolute Gasteiger partial charge is 0.317 e. The molecule has 2 heterocycles. The number of hydrogen-bond donors (Lipinski definition) is 1.